The topological polar surface area (TPSA) is 43.8 Å². The monoisotopic (exact) mass is 225 g/mol. The molecule has 2 rings (SSSR count). The molecule has 0 atom stereocenters. The zero-order valence-electron chi connectivity index (χ0n) is 8.04. The Bertz CT molecular complexity index is 507. The molecule has 0 amide bonds. The Kier molecular flexibility index (Phi) is 2.36. The van der Waals surface area contributed by atoms with E-state index in [4.69, 9.17) is 17.3 Å². The van der Waals surface area contributed by atoms with E-state index >= 15 is 0 Å². The number of rotatable bonds is 1. The fourth-order valence-corrected chi connectivity index (χ4v) is 1.59. The van der Waals surface area contributed by atoms with Crippen LogP contribution in [0.4, 0.5) is 10.2 Å². The summed E-state index contributed by atoms with van der Waals surface area (Å²) < 4.78 is 14.6. The average Bonchev–Trinajstić information content (AvgIpc) is 2.50. The molecule has 0 aliphatic carbocycles. The second-order valence-corrected chi connectivity index (χ2v) is 3.63. The Morgan fingerprint density at radius 3 is 2.73 bits per heavy atom. The van der Waals surface area contributed by atoms with Gasteiger partial charge in [0.1, 0.15) is 11.6 Å². The van der Waals surface area contributed by atoms with Gasteiger partial charge in [-0.1, -0.05) is 11.6 Å². The van der Waals surface area contributed by atoms with Gasteiger partial charge < -0.3 is 5.73 Å². The predicted octanol–water partition coefficient (Wildman–Crippen LogP) is 2.56. The van der Waals surface area contributed by atoms with Gasteiger partial charge in [-0.25, -0.2) is 9.07 Å². The number of anilines is 1. The fourth-order valence-electron chi connectivity index (χ4n) is 1.39. The first-order chi connectivity index (χ1) is 7.08. The number of hydrogen-bond acceptors (Lipinski definition) is 2. The van der Waals surface area contributed by atoms with E-state index in [9.17, 15) is 4.39 Å². The molecule has 1 aromatic carbocycles. The molecule has 3 nitrogen and oxygen atoms in total. The first-order valence-corrected chi connectivity index (χ1v) is 4.73. The minimum Gasteiger partial charge on any atom is -0.382 e. The second-order valence-electron chi connectivity index (χ2n) is 3.22. The van der Waals surface area contributed by atoms with Crippen LogP contribution in [0.5, 0.6) is 0 Å². The molecule has 1 aromatic heterocycles. The summed E-state index contributed by atoms with van der Waals surface area (Å²) in [6.07, 6.45) is 0. The van der Waals surface area contributed by atoms with E-state index < -0.39 is 0 Å². The van der Waals surface area contributed by atoms with Crippen LogP contribution in [-0.4, -0.2) is 9.78 Å². The minimum atomic E-state index is -0.358. The van der Waals surface area contributed by atoms with Crippen LogP contribution in [0, 0.1) is 12.7 Å². The van der Waals surface area contributed by atoms with Crippen molar-refractivity contribution in [1.82, 2.24) is 9.78 Å². The molecule has 5 heteroatoms. The predicted molar refractivity (Wildman–Crippen MR) is 57.7 cm³/mol. The summed E-state index contributed by atoms with van der Waals surface area (Å²) in [6, 6.07) is 5.81. The first kappa shape index (κ1) is 9.98. The van der Waals surface area contributed by atoms with E-state index in [1.165, 1.54) is 22.9 Å². The third kappa shape index (κ3) is 1.80. The molecule has 0 spiro atoms. The number of halogens is 2. The molecule has 0 unspecified atom stereocenters. The third-order valence-electron chi connectivity index (χ3n) is 2.04. The van der Waals surface area contributed by atoms with Gasteiger partial charge in [-0.3, -0.25) is 0 Å². The van der Waals surface area contributed by atoms with Crippen molar-refractivity contribution in [3.8, 4) is 5.69 Å². The number of benzene rings is 1. The number of aromatic nitrogens is 2. The highest BCUT2D eigenvalue weighted by Gasteiger charge is 2.08. The van der Waals surface area contributed by atoms with Crippen LogP contribution in [0.3, 0.4) is 0 Å². The van der Waals surface area contributed by atoms with Gasteiger partial charge in [0.15, 0.2) is 0 Å². The van der Waals surface area contributed by atoms with Crippen molar-refractivity contribution >= 4 is 17.4 Å². The molecule has 78 valence electrons. The summed E-state index contributed by atoms with van der Waals surface area (Å²) in [5.74, 6) is 0.0238. The standard InChI is InChI=1S/C10H9ClFN3/c1-6-4-10(13)14-15(6)9-5-7(12)2-3-8(9)11/h2-5H,1H3,(H2,13,14). The average molecular weight is 226 g/mol. The van der Waals surface area contributed by atoms with E-state index in [0.29, 0.717) is 16.5 Å². The Balaban J connectivity index is 2.62. The van der Waals surface area contributed by atoms with Gasteiger partial charge in [-0.15, -0.1) is 0 Å². The summed E-state index contributed by atoms with van der Waals surface area (Å²) >= 11 is 5.94. The normalized spacial score (nSPS) is 10.6. The van der Waals surface area contributed by atoms with Gasteiger partial charge in [-0.2, -0.15) is 5.10 Å². The van der Waals surface area contributed by atoms with E-state index in [-0.39, 0.29) is 5.82 Å². The molecule has 2 aromatic rings. The summed E-state index contributed by atoms with van der Waals surface area (Å²) in [7, 11) is 0. The van der Waals surface area contributed by atoms with Crippen molar-refractivity contribution in [1.29, 1.82) is 0 Å². The summed E-state index contributed by atoms with van der Waals surface area (Å²) in [4.78, 5) is 0. The van der Waals surface area contributed by atoms with Crippen LogP contribution in [0.2, 0.25) is 5.02 Å². The summed E-state index contributed by atoms with van der Waals surface area (Å²) in [6.45, 7) is 1.82. The van der Waals surface area contributed by atoms with Gasteiger partial charge in [-0.05, 0) is 19.1 Å². The van der Waals surface area contributed by atoms with E-state index in [1.807, 2.05) is 6.92 Å². The number of nitrogens with zero attached hydrogens (tertiary/aromatic N) is 2. The molecule has 0 bridgehead atoms. The molecular formula is C10H9ClFN3. The molecule has 0 radical (unpaired) electrons. The maximum absolute atomic E-state index is 13.0. The third-order valence-corrected chi connectivity index (χ3v) is 2.36. The highest BCUT2D eigenvalue weighted by atomic mass is 35.5. The summed E-state index contributed by atoms with van der Waals surface area (Å²) in [5, 5.41) is 4.46. The zero-order chi connectivity index (χ0) is 11.0. The Hall–Kier alpha value is -1.55. The lowest BCUT2D eigenvalue weighted by atomic mass is 10.3. The van der Waals surface area contributed by atoms with Crippen molar-refractivity contribution < 1.29 is 4.39 Å². The number of nitrogens with two attached hydrogens (primary N) is 1. The van der Waals surface area contributed by atoms with Crippen molar-refractivity contribution in [3.63, 3.8) is 0 Å². The van der Waals surface area contributed by atoms with Crippen LogP contribution < -0.4 is 5.73 Å². The van der Waals surface area contributed by atoms with E-state index in [2.05, 4.69) is 5.10 Å². The highest BCUT2D eigenvalue weighted by molar-refractivity contribution is 6.32. The van der Waals surface area contributed by atoms with Crippen LogP contribution in [0.25, 0.3) is 5.69 Å². The molecule has 0 saturated carbocycles. The van der Waals surface area contributed by atoms with Gasteiger partial charge in [0.05, 0.1) is 10.7 Å². The van der Waals surface area contributed by atoms with Gasteiger partial charge in [0.25, 0.3) is 0 Å². The van der Waals surface area contributed by atoms with Crippen molar-refractivity contribution in [2.45, 2.75) is 6.92 Å². The van der Waals surface area contributed by atoms with Crippen LogP contribution in [-0.2, 0) is 0 Å². The first-order valence-electron chi connectivity index (χ1n) is 4.35. The highest BCUT2D eigenvalue weighted by Crippen LogP contribution is 2.22. The smallest absolute Gasteiger partial charge is 0.146 e. The molecule has 0 aliphatic rings. The Morgan fingerprint density at radius 1 is 1.40 bits per heavy atom. The quantitative estimate of drug-likeness (QED) is 0.811. The van der Waals surface area contributed by atoms with Crippen molar-refractivity contribution in [3.05, 3.63) is 40.8 Å². The van der Waals surface area contributed by atoms with Gasteiger partial charge in [0.2, 0.25) is 0 Å². The fraction of sp³-hybridized carbons (Fsp3) is 0.100. The lowest BCUT2D eigenvalue weighted by molar-refractivity contribution is 0.625. The van der Waals surface area contributed by atoms with Gasteiger partial charge >= 0.3 is 0 Å². The number of nitrogen functional groups attached to an aromatic ring is 1. The Morgan fingerprint density at radius 2 is 2.13 bits per heavy atom. The lowest BCUT2D eigenvalue weighted by Crippen LogP contribution is -2.01. The van der Waals surface area contributed by atoms with E-state index in [1.54, 1.807) is 6.07 Å². The molecule has 0 fully saturated rings. The molecule has 0 aliphatic heterocycles. The van der Waals surface area contributed by atoms with Gasteiger partial charge in [0, 0.05) is 17.8 Å². The van der Waals surface area contributed by atoms with Crippen molar-refractivity contribution in [2.75, 3.05) is 5.73 Å². The molecule has 15 heavy (non-hydrogen) atoms. The molecule has 0 saturated heterocycles. The molecule has 1 heterocycles. The molecular weight excluding hydrogens is 217 g/mol. The number of aryl methyl sites for hydroxylation is 1. The molecule has 2 N–H and O–H groups in total. The minimum absolute atomic E-state index is 0.358. The SMILES string of the molecule is Cc1cc(N)nn1-c1cc(F)ccc1Cl. The second kappa shape index (κ2) is 3.55. The van der Waals surface area contributed by atoms with Crippen LogP contribution in [0.15, 0.2) is 24.3 Å². The largest absolute Gasteiger partial charge is 0.382 e. The lowest BCUT2D eigenvalue weighted by Gasteiger charge is -2.06. The van der Waals surface area contributed by atoms with E-state index in [0.717, 1.165) is 5.69 Å². The maximum Gasteiger partial charge on any atom is 0.146 e. The summed E-state index contributed by atoms with van der Waals surface area (Å²) in [5.41, 5.74) is 6.83. The zero-order valence-corrected chi connectivity index (χ0v) is 8.79. The Labute approximate surface area is 91.3 Å². The van der Waals surface area contributed by atoms with Crippen LogP contribution in [0.1, 0.15) is 5.69 Å². The van der Waals surface area contributed by atoms with Crippen molar-refractivity contribution in [2.24, 2.45) is 0 Å². The maximum atomic E-state index is 13.0. The van der Waals surface area contributed by atoms with Crippen LogP contribution >= 0.6 is 11.6 Å². The number of hydrogen-bond donors (Lipinski definition) is 1.